The molecule has 1 aliphatic rings. The van der Waals surface area contributed by atoms with Crippen LogP contribution in [0.1, 0.15) is 5.56 Å². The quantitative estimate of drug-likeness (QED) is 0.643. The van der Waals surface area contributed by atoms with E-state index < -0.39 is 11.6 Å². The highest BCUT2D eigenvalue weighted by atomic mass is 32.2. The van der Waals surface area contributed by atoms with Crippen molar-refractivity contribution in [3.63, 3.8) is 0 Å². The zero-order chi connectivity index (χ0) is 12.3. The van der Waals surface area contributed by atoms with Gasteiger partial charge in [-0.25, -0.2) is 8.78 Å². The summed E-state index contributed by atoms with van der Waals surface area (Å²) in [6.45, 7) is 0. The van der Waals surface area contributed by atoms with E-state index in [1.807, 2.05) is 0 Å². The van der Waals surface area contributed by atoms with Crippen LogP contribution in [0, 0.1) is 11.6 Å². The van der Waals surface area contributed by atoms with Gasteiger partial charge < -0.3 is 5.32 Å². The molecule has 1 aromatic carbocycles. The van der Waals surface area contributed by atoms with E-state index in [1.165, 1.54) is 17.8 Å². The average molecular weight is 255 g/mol. The monoisotopic (exact) mass is 255 g/mol. The Morgan fingerprint density at radius 3 is 2.88 bits per heavy atom. The molecule has 0 radical (unpaired) electrons. The maximum atomic E-state index is 13.2. The Morgan fingerprint density at radius 1 is 1.41 bits per heavy atom. The van der Waals surface area contributed by atoms with Crippen molar-refractivity contribution >= 4 is 29.1 Å². The Labute approximate surface area is 99.8 Å². The van der Waals surface area contributed by atoms with Crippen molar-refractivity contribution in [2.24, 2.45) is 10.2 Å². The molecule has 1 fully saturated rings. The molecule has 4 nitrogen and oxygen atoms in total. The molecule has 0 aliphatic carbocycles. The molecule has 2 rings (SSSR count). The summed E-state index contributed by atoms with van der Waals surface area (Å²) >= 11 is 1.21. The van der Waals surface area contributed by atoms with Crippen molar-refractivity contribution in [3.8, 4) is 0 Å². The molecule has 1 aromatic rings. The number of hydrogen-bond donors (Lipinski definition) is 1. The van der Waals surface area contributed by atoms with Gasteiger partial charge in [0.05, 0.1) is 12.0 Å². The molecule has 1 saturated heterocycles. The number of nitrogens with zero attached hydrogens (tertiary/aromatic N) is 2. The lowest BCUT2D eigenvalue weighted by Gasteiger charge is -1.94. The number of halogens is 2. The van der Waals surface area contributed by atoms with Crippen LogP contribution in [-0.4, -0.2) is 23.0 Å². The summed E-state index contributed by atoms with van der Waals surface area (Å²) in [4.78, 5) is 10.8. The van der Waals surface area contributed by atoms with Crippen LogP contribution in [0.3, 0.4) is 0 Å². The number of nitrogens with one attached hydrogen (secondary N) is 1. The molecule has 1 N–H and O–H groups in total. The van der Waals surface area contributed by atoms with Crippen molar-refractivity contribution in [3.05, 3.63) is 35.4 Å². The number of carbonyl (C=O) groups is 1. The molecule has 0 saturated carbocycles. The molecule has 1 aliphatic heterocycles. The van der Waals surface area contributed by atoms with E-state index in [1.54, 1.807) is 0 Å². The fourth-order valence-electron chi connectivity index (χ4n) is 1.13. The number of thioether (sulfide) groups is 1. The van der Waals surface area contributed by atoms with E-state index in [0.29, 0.717) is 10.9 Å². The number of rotatable bonds is 2. The largest absolute Gasteiger partial charge is 0.303 e. The minimum absolute atomic E-state index is 0.130. The first-order chi connectivity index (χ1) is 8.15. The third-order valence-corrected chi connectivity index (χ3v) is 2.76. The molecule has 0 bridgehead atoms. The van der Waals surface area contributed by atoms with Gasteiger partial charge in [0.25, 0.3) is 0 Å². The van der Waals surface area contributed by atoms with Crippen LogP contribution in [-0.2, 0) is 4.79 Å². The van der Waals surface area contributed by atoms with Crippen molar-refractivity contribution in [2.75, 3.05) is 5.75 Å². The predicted molar refractivity (Wildman–Crippen MR) is 62.0 cm³/mol. The Balaban J connectivity index is 2.08. The fraction of sp³-hybridized carbons (Fsp3) is 0.100. The van der Waals surface area contributed by atoms with E-state index in [-0.39, 0.29) is 11.5 Å². The van der Waals surface area contributed by atoms with Gasteiger partial charge in [0.1, 0.15) is 11.6 Å². The summed E-state index contributed by atoms with van der Waals surface area (Å²) in [5.74, 6) is -1.20. The molecule has 0 atom stereocenters. The molecule has 1 amide bonds. The third kappa shape index (κ3) is 3.10. The normalized spacial score (nSPS) is 18.0. The van der Waals surface area contributed by atoms with Crippen LogP contribution >= 0.6 is 11.8 Å². The van der Waals surface area contributed by atoms with Crippen LogP contribution < -0.4 is 5.32 Å². The third-order valence-electron chi connectivity index (χ3n) is 1.89. The van der Waals surface area contributed by atoms with Gasteiger partial charge in [0.2, 0.25) is 5.91 Å². The van der Waals surface area contributed by atoms with E-state index in [0.717, 1.165) is 18.3 Å². The zero-order valence-corrected chi connectivity index (χ0v) is 9.30. The lowest BCUT2D eigenvalue weighted by molar-refractivity contribution is -0.116. The number of amides is 1. The molecule has 17 heavy (non-hydrogen) atoms. The lowest BCUT2D eigenvalue weighted by Crippen LogP contribution is -2.19. The van der Waals surface area contributed by atoms with Crippen molar-refractivity contribution in [1.29, 1.82) is 0 Å². The number of amidine groups is 1. The summed E-state index contributed by atoms with van der Waals surface area (Å²) < 4.78 is 25.8. The maximum absolute atomic E-state index is 13.2. The highest BCUT2D eigenvalue weighted by Gasteiger charge is 2.15. The van der Waals surface area contributed by atoms with Crippen molar-refractivity contribution < 1.29 is 13.6 Å². The van der Waals surface area contributed by atoms with Crippen LogP contribution in [0.25, 0.3) is 0 Å². The topological polar surface area (TPSA) is 53.8 Å². The summed E-state index contributed by atoms with van der Waals surface area (Å²) in [7, 11) is 0. The number of hydrogen-bond acceptors (Lipinski definition) is 4. The highest BCUT2D eigenvalue weighted by molar-refractivity contribution is 8.15. The molecule has 0 aromatic heterocycles. The molecule has 7 heteroatoms. The average Bonchev–Trinajstić information content (AvgIpc) is 2.68. The Bertz CT molecular complexity index is 516. The Morgan fingerprint density at radius 2 is 2.24 bits per heavy atom. The second kappa shape index (κ2) is 5.05. The van der Waals surface area contributed by atoms with Crippen molar-refractivity contribution in [2.45, 2.75) is 0 Å². The Hall–Kier alpha value is -1.76. The first kappa shape index (κ1) is 11.7. The van der Waals surface area contributed by atoms with Gasteiger partial charge >= 0.3 is 0 Å². The molecule has 1 heterocycles. The van der Waals surface area contributed by atoms with Crippen molar-refractivity contribution in [1.82, 2.24) is 5.32 Å². The second-order valence-electron chi connectivity index (χ2n) is 3.15. The van der Waals surface area contributed by atoms with Crippen LogP contribution in [0.4, 0.5) is 8.78 Å². The summed E-state index contributed by atoms with van der Waals surface area (Å²) in [6, 6.07) is 3.15. The summed E-state index contributed by atoms with van der Waals surface area (Å²) in [5, 5.41) is 10.1. The van der Waals surface area contributed by atoms with Gasteiger partial charge in [0.15, 0.2) is 5.17 Å². The standard InChI is InChI=1S/C10H7F2N3OS/c11-7-2-1-6(8(12)3-7)4-13-15-10-14-9(16)5-17-10/h1-4H,5H2,(H,14,15,16). The van der Waals surface area contributed by atoms with E-state index in [9.17, 15) is 13.6 Å². The van der Waals surface area contributed by atoms with Crippen LogP contribution in [0.15, 0.2) is 28.4 Å². The van der Waals surface area contributed by atoms with Gasteiger partial charge in [-0.1, -0.05) is 11.8 Å². The molecule has 88 valence electrons. The molecular formula is C10H7F2N3OS. The lowest BCUT2D eigenvalue weighted by atomic mass is 10.2. The zero-order valence-electron chi connectivity index (χ0n) is 8.48. The minimum atomic E-state index is -0.711. The number of carbonyl (C=O) groups excluding carboxylic acids is 1. The summed E-state index contributed by atoms with van der Waals surface area (Å²) in [5.41, 5.74) is 0.130. The number of benzene rings is 1. The SMILES string of the molecule is O=C1CSC(=NN=Cc2ccc(F)cc2F)N1. The highest BCUT2D eigenvalue weighted by Crippen LogP contribution is 2.09. The predicted octanol–water partition coefficient (Wildman–Crippen LogP) is 1.52. The van der Waals surface area contributed by atoms with Gasteiger partial charge in [0, 0.05) is 11.6 Å². The minimum Gasteiger partial charge on any atom is -0.303 e. The van der Waals surface area contributed by atoms with Crippen LogP contribution in [0.5, 0.6) is 0 Å². The molecule has 0 unspecified atom stereocenters. The van der Waals surface area contributed by atoms with E-state index in [4.69, 9.17) is 0 Å². The van der Waals surface area contributed by atoms with Gasteiger partial charge in [-0.05, 0) is 12.1 Å². The van der Waals surface area contributed by atoms with E-state index in [2.05, 4.69) is 15.5 Å². The molecule has 0 spiro atoms. The van der Waals surface area contributed by atoms with Crippen LogP contribution in [0.2, 0.25) is 0 Å². The Kier molecular flexibility index (Phi) is 3.48. The first-order valence-electron chi connectivity index (χ1n) is 4.64. The first-order valence-corrected chi connectivity index (χ1v) is 5.62. The molecular weight excluding hydrogens is 248 g/mol. The maximum Gasteiger partial charge on any atom is 0.236 e. The van der Waals surface area contributed by atoms with Gasteiger partial charge in [-0.15, -0.1) is 5.10 Å². The smallest absolute Gasteiger partial charge is 0.236 e. The van der Waals surface area contributed by atoms with Gasteiger partial charge in [-0.2, -0.15) is 5.10 Å². The van der Waals surface area contributed by atoms with Gasteiger partial charge in [-0.3, -0.25) is 4.79 Å². The summed E-state index contributed by atoms with van der Waals surface area (Å²) in [6.07, 6.45) is 1.16. The second-order valence-corrected chi connectivity index (χ2v) is 4.12. The van der Waals surface area contributed by atoms with E-state index >= 15 is 0 Å². The fourth-order valence-corrected chi connectivity index (χ4v) is 1.76.